The molecular formula is C17H29N3O3. The predicted octanol–water partition coefficient (Wildman–Crippen LogP) is 1.01. The molecule has 0 aromatic carbocycles. The molecule has 2 fully saturated rings. The van der Waals surface area contributed by atoms with Gasteiger partial charge in [0.1, 0.15) is 0 Å². The molecule has 1 N–H and O–H groups in total. The second-order valence-corrected chi connectivity index (χ2v) is 7.75. The number of carbonyl (C=O) groups excluding carboxylic acids is 3. The van der Waals surface area contributed by atoms with Crippen LogP contribution in [0.2, 0.25) is 0 Å². The van der Waals surface area contributed by atoms with Gasteiger partial charge in [0.15, 0.2) is 0 Å². The minimum absolute atomic E-state index is 0.0326. The zero-order valence-electron chi connectivity index (χ0n) is 14.5. The highest BCUT2D eigenvalue weighted by Crippen LogP contribution is 2.30. The minimum atomic E-state index is -0.206. The van der Waals surface area contributed by atoms with E-state index in [9.17, 15) is 14.4 Å². The zero-order chi connectivity index (χ0) is 17.0. The summed E-state index contributed by atoms with van der Waals surface area (Å²) in [6.45, 7) is 8.46. The van der Waals surface area contributed by atoms with Gasteiger partial charge in [-0.2, -0.15) is 0 Å². The van der Waals surface area contributed by atoms with Gasteiger partial charge in [0, 0.05) is 43.6 Å². The highest BCUT2D eigenvalue weighted by molar-refractivity contribution is 5.81. The summed E-state index contributed by atoms with van der Waals surface area (Å²) in [5, 5.41) is 3.03. The summed E-state index contributed by atoms with van der Waals surface area (Å²) in [6.07, 6.45) is 3.99. The van der Waals surface area contributed by atoms with Gasteiger partial charge in [-0.3, -0.25) is 14.4 Å². The third-order valence-electron chi connectivity index (χ3n) is 4.72. The number of hydrogen-bond donors (Lipinski definition) is 1. The van der Waals surface area contributed by atoms with Crippen LogP contribution in [-0.2, 0) is 14.4 Å². The molecule has 1 saturated heterocycles. The van der Waals surface area contributed by atoms with E-state index in [1.807, 2.05) is 25.7 Å². The molecule has 2 rings (SSSR count). The second kappa shape index (κ2) is 7.32. The third-order valence-corrected chi connectivity index (χ3v) is 4.72. The van der Waals surface area contributed by atoms with Crippen LogP contribution in [0.25, 0.3) is 0 Å². The smallest absolute Gasteiger partial charge is 0.225 e. The molecule has 0 atom stereocenters. The maximum Gasteiger partial charge on any atom is 0.225 e. The molecule has 1 saturated carbocycles. The standard InChI is InChI=1S/C17H29N3O3/c1-17(2,3)18-15(22)13-4-6-14(7-5-13)16(23)20-10-8-19(12-21)9-11-20/h12-14H,4-11H2,1-3H3,(H,18,22). The molecule has 0 aromatic heterocycles. The highest BCUT2D eigenvalue weighted by atomic mass is 16.2. The molecular weight excluding hydrogens is 294 g/mol. The van der Waals surface area contributed by atoms with Crippen LogP contribution in [0.5, 0.6) is 0 Å². The lowest BCUT2D eigenvalue weighted by Crippen LogP contribution is -2.50. The summed E-state index contributed by atoms with van der Waals surface area (Å²) in [7, 11) is 0. The Balaban J connectivity index is 1.79. The van der Waals surface area contributed by atoms with Gasteiger partial charge in [0.25, 0.3) is 0 Å². The second-order valence-electron chi connectivity index (χ2n) is 7.75. The summed E-state index contributed by atoms with van der Waals surface area (Å²) in [6, 6.07) is 0. The lowest BCUT2D eigenvalue weighted by Gasteiger charge is -2.36. The molecule has 6 nitrogen and oxygen atoms in total. The average Bonchev–Trinajstić information content (AvgIpc) is 2.53. The van der Waals surface area contributed by atoms with Gasteiger partial charge in [-0.1, -0.05) is 0 Å². The molecule has 2 aliphatic rings. The molecule has 0 radical (unpaired) electrons. The van der Waals surface area contributed by atoms with Crippen LogP contribution >= 0.6 is 0 Å². The summed E-state index contributed by atoms with van der Waals surface area (Å²) in [5.74, 6) is 0.384. The van der Waals surface area contributed by atoms with Crippen molar-refractivity contribution in [2.75, 3.05) is 26.2 Å². The molecule has 1 aliphatic heterocycles. The summed E-state index contributed by atoms with van der Waals surface area (Å²) < 4.78 is 0. The van der Waals surface area contributed by atoms with Gasteiger partial charge < -0.3 is 15.1 Å². The largest absolute Gasteiger partial charge is 0.351 e. The lowest BCUT2D eigenvalue weighted by atomic mass is 9.80. The van der Waals surface area contributed by atoms with E-state index in [0.717, 1.165) is 32.1 Å². The zero-order valence-corrected chi connectivity index (χ0v) is 14.5. The molecule has 0 spiro atoms. The van der Waals surface area contributed by atoms with Crippen molar-refractivity contribution >= 4 is 18.2 Å². The van der Waals surface area contributed by atoms with Gasteiger partial charge in [0.05, 0.1) is 0 Å². The van der Waals surface area contributed by atoms with E-state index < -0.39 is 0 Å². The van der Waals surface area contributed by atoms with Crippen LogP contribution in [0.3, 0.4) is 0 Å². The molecule has 1 heterocycles. The maximum absolute atomic E-state index is 12.6. The van der Waals surface area contributed by atoms with Crippen molar-refractivity contribution in [2.45, 2.75) is 52.0 Å². The van der Waals surface area contributed by atoms with Gasteiger partial charge >= 0.3 is 0 Å². The Kier molecular flexibility index (Phi) is 5.65. The van der Waals surface area contributed by atoms with E-state index in [1.54, 1.807) is 4.90 Å². The maximum atomic E-state index is 12.6. The molecule has 130 valence electrons. The SMILES string of the molecule is CC(C)(C)NC(=O)C1CCC(C(=O)N2CCN(C=O)CC2)CC1. The molecule has 0 bridgehead atoms. The van der Waals surface area contributed by atoms with Crippen LogP contribution in [0.1, 0.15) is 46.5 Å². The number of carbonyl (C=O) groups is 3. The predicted molar refractivity (Wildman–Crippen MR) is 87.6 cm³/mol. The Morgan fingerprint density at radius 2 is 1.48 bits per heavy atom. The Bertz CT molecular complexity index is 442. The van der Waals surface area contributed by atoms with Crippen LogP contribution in [-0.4, -0.2) is 59.7 Å². The number of nitrogens with zero attached hydrogens (tertiary/aromatic N) is 2. The normalized spacial score (nSPS) is 25.9. The minimum Gasteiger partial charge on any atom is -0.351 e. The fraction of sp³-hybridized carbons (Fsp3) is 0.824. The third kappa shape index (κ3) is 4.94. The van der Waals surface area contributed by atoms with Gasteiger partial charge in [-0.05, 0) is 46.5 Å². The Morgan fingerprint density at radius 3 is 1.96 bits per heavy atom. The number of rotatable bonds is 3. The van der Waals surface area contributed by atoms with E-state index in [2.05, 4.69) is 5.32 Å². The topological polar surface area (TPSA) is 69.7 Å². The molecule has 23 heavy (non-hydrogen) atoms. The first-order chi connectivity index (χ1) is 10.8. The van der Waals surface area contributed by atoms with Crippen molar-refractivity contribution in [3.05, 3.63) is 0 Å². The molecule has 0 unspecified atom stereocenters. The van der Waals surface area contributed by atoms with Crippen LogP contribution in [0.15, 0.2) is 0 Å². The number of nitrogens with one attached hydrogen (secondary N) is 1. The first kappa shape index (κ1) is 17.8. The van der Waals surface area contributed by atoms with Crippen LogP contribution in [0, 0.1) is 11.8 Å². The van der Waals surface area contributed by atoms with E-state index in [0.29, 0.717) is 26.2 Å². The molecule has 1 aliphatic carbocycles. The van der Waals surface area contributed by atoms with Crippen molar-refractivity contribution in [3.8, 4) is 0 Å². The fourth-order valence-corrected chi connectivity index (χ4v) is 3.38. The first-order valence-electron chi connectivity index (χ1n) is 8.60. The van der Waals surface area contributed by atoms with Crippen LogP contribution in [0.4, 0.5) is 0 Å². The van der Waals surface area contributed by atoms with Gasteiger partial charge in [0.2, 0.25) is 18.2 Å². The summed E-state index contributed by atoms with van der Waals surface area (Å²) in [4.78, 5) is 39.1. The van der Waals surface area contributed by atoms with E-state index in [1.165, 1.54) is 0 Å². The van der Waals surface area contributed by atoms with E-state index >= 15 is 0 Å². The van der Waals surface area contributed by atoms with Gasteiger partial charge in [-0.15, -0.1) is 0 Å². The van der Waals surface area contributed by atoms with E-state index in [4.69, 9.17) is 0 Å². The number of piperazine rings is 1. The Morgan fingerprint density at radius 1 is 0.957 bits per heavy atom. The number of hydrogen-bond acceptors (Lipinski definition) is 3. The number of amides is 3. The molecule has 0 aromatic rings. The average molecular weight is 323 g/mol. The first-order valence-corrected chi connectivity index (χ1v) is 8.60. The summed E-state index contributed by atoms with van der Waals surface area (Å²) in [5.41, 5.74) is -0.206. The lowest BCUT2D eigenvalue weighted by molar-refractivity contribution is -0.141. The van der Waals surface area contributed by atoms with Crippen molar-refractivity contribution in [3.63, 3.8) is 0 Å². The van der Waals surface area contributed by atoms with Crippen LogP contribution < -0.4 is 5.32 Å². The Hall–Kier alpha value is -1.59. The highest BCUT2D eigenvalue weighted by Gasteiger charge is 2.33. The van der Waals surface area contributed by atoms with Crippen molar-refractivity contribution in [2.24, 2.45) is 11.8 Å². The molecule has 6 heteroatoms. The van der Waals surface area contributed by atoms with Crippen molar-refractivity contribution in [1.29, 1.82) is 0 Å². The Labute approximate surface area is 138 Å². The van der Waals surface area contributed by atoms with E-state index in [-0.39, 0.29) is 29.2 Å². The monoisotopic (exact) mass is 323 g/mol. The van der Waals surface area contributed by atoms with Crippen molar-refractivity contribution in [1.82, 2.24) is 15.1 Å². The fourth-order valence-electron chi connectivity index (χ4n) is 3.38. The van der Waals surface area contributed by atoms with Crippen molar-refractivity contribution < 1.29 is 14.4 Å². The quantitative estimate of drug-likeness (QED) is 0.788. The van der Waals surface area contributed by atoms with Gasteiger partial charge in [-0.25, -0.2) is 0 Å². The summed E-state index contributed by atoms with van der Waals surface area (Å²) >= 11 is 0. The molecule has 3 amide bonds.